The van der Waals surface area contributed by atoms with Crippen molar-refractivity contribution in [1.82, 2.24) is 4.98 Å². The Morgan fingerprint density at radius 1 is 1.21 bits per heavy atom. The summed E-state index contributed by atoms with van der Waals surface area (Å²) in [5.41, 5.74) is 0.601. The third kappa shape index (κ3) is 3.68. The maximum absolute atomic E-state index is 13.5. The van der Waals surface area contributed by atoms with Crippen molar-refractivity contribution in [2.75, 3.05) is 5.32 Å². The van der Waals surface area contributed by atoms with Gasteiger partial charge in [0, 0.05) is 18.3 Å². The number of hydrogen-bond donors (Lipinski definition) is 1. The van der Waals surface area contributed by atoms with Gasteiger partial charge in [0.05, 0.1) is 6.10 Å². The van der Waals surface area contributed by atoms with Crippen LogP contribution < -0.4 is 10.1 Å². The van der Waals surface area contributed by atoms with Crippen LogP contribution in [0.5, 0.6) is 5.75 Å². The van der Waals surface area contributed by atoms with Crippen LogP contribution in [0, 0.1) is 5.82 Å². The average Bonchev–Trinajstić information content (AvgIpc) is 2.39. The van der Waals surface area contributed by atoms with Gasteiger partial charge in [-0.05, 0) is 32.0 Å². The molecule has 100 valence electrons. The van der Waals surface area contributed by atoms with E-state index in [0.717, 1.165) is 0 Å². The van der Waals surface area contributed by atoms with E-state index in [2.05, 4.69) is 10.3 Å². The highest BCUT2D eigenvalue weighted by molar-refractivity contribution is 5.49. The van der Waals surface area contributed by atoms with Crippen molar-refractivity contribution in [2.24, 2.45) is 0 Å². The lowest BCUT2D eigenvalue weighted by Gasteiger charge is -2.14. The molecule has 0 atom stereocenters. The Morgan fingerprint density at radius 2 is 2.00 bits per heavy atom. The SMILES string of the molecule is CC(C)Oc1cccnc1NCc1ccccc1F. The van der Waals surface area contributed by atoms with Crippen molar-refractivity contribution in [3.05, 3.63) is 54.0 Å². The van der Waals surface area contributed by atoms with Crippen LogP contribution >= 0.6 is 0 Å². The smallest absolute Gasteiger partial charge is 0.169 e. The van der Waals surface area contributed by atoms with E-state index in [0.29, 0.717) is 23.7 Å². The lowest BCUT2D eigenvalue weighted by atomic mass is 10.2. The van der Waals surface area contributed by atoms with Crippen LogP contribution in [0.1, 0.15) is 19.4 Å². The van der Waals surface area contributed by atoms with Crippen LogP contribution in [0.2, 0.25) is 0 Å². The highest BCUT2D eigenvalue weighted by Crippen LogP contribution is 2.23. The summed E-state index contributed by atoms with van der Waals surface area (Å²) in [6, 6.07) is 10.3. The Kier molecular flexibility index (Phi) is 4.34. The summed E-state index contributed by atoms with van der Waals surface area (Å²) in [5, 5.41) is 3.10. The number of benzene rings is 1. The molecule has 1 aromatic carbocycles. The molecule has 0 aliphatic carbocycles. The molecule has 0 saturated heterocycles. The average molecular weight is 260 g/mol. The molecule has 1 N–H and O–H groups in total. The molecule has 0 bridgehead atoms. The monoisotopic (exact) mass is 260 g/mol. The molecule has 1 heterocycles. The number of nitrogens with zero attached hydrogens (tertiary/aromatic N) is 1. The van der Waals surface area contributed by atoms with Gasteiger partial charge in [-0.15, -0.1) is 0 Å². The summed E-state index contributed by atoms with van der Waals surface area (Å²) >= 11 is 0. The fraction of sp³-hybridized carbons (Fsp3) is 0.267. The van der Waals surface area contributed by atoms with Gasteiger partial charge in [0.1, 0.15) is 5.82 Å². The molecular weight excluding hydrogens is 243 g/mol. The molecule has 19 heavy (non-hydrogen) atoms. The minimum absolute atomic E-state index is 0.0678. The molecule has 4 heteroatoms. The fourth-order valence-corrected chi connectivity index (χ4v) is 1.69. The number of hydrogen-bond acceptors (Lipinski definition) is 3. The van der Waals surface area contributed by atoms with Crippen molar-refractivity contribution in [1.29, 1.82) is 0 Å². The van der Waals surface area contributed by atoms with E-state index in [1.807, 2.05) is 32.0 Å². The van der Waals surface area contributed by atoms with Gasteiger partial charge < -0.3 is 10.1 Å². The number of anilines is 1. The van der Waals surface area contributed by atoms with E-state index in [9.17, 15) is 4.39 Å². The van der Waals surface area contributed by atoms with E-state index in [-0.39, 0.29) is 11.9 Å². The minimum atomic E-state index is -0.225. The van der Waals surface area contributed by atoms with Crippen LogP contribution in [-0.4, -0.2) is 11.1 Å². The molecular formula is C15H17FN2O. The maximum atomic E-state index is 13.5. The first-order valence-corrected chi connectivity index (χ1v) is 6.26. The minimum Gasteiger partial charge on any atom is -0.487 e. The zero-order valence-corrected chi connectivity index (χ0v) is 11.1. The van der Waals surface area contributed by atoms with Crippen molar-refractivity contribution in [3.63, 3.8) is 0 Å². The zero-order valence-electron chi connectivity index (χ0n) is 11.1. The van der Waals surface area contributed by atoms with Crippen molar-refractivity contribution >= 4 is 5.82 Å². The molecule has 2 rings (SSSR count). The molecule has 0 spiro atoms. The van der Waals surface area contributed by atoms with Gasteiger partial charge in [0.15, 0.2) is 11.6 Å². The fourth-order valence-electron chi connectivity index (χ4n) is 1.69. The maximum Gasteiger partial charge on any atom is 0.169 e. The second-order valence-electron chi connectivity index (χ2n) is 4.46. The molecule has 1 aromatic heterocycles. The molecule has 2 aromatic rings. The summed E-state index contributed by atoms with van der Waals surface area (Å²) < 4.78 is 19.2. The van der Waals surface area contributed by atoms with Crippen LogP contribution in [-0.2, 0) is 6.54 Å². The summed E-state index contributed by atoms with van der Waals surface area (Å²) in [5.74, 6) is 1.07. The number of halogens is 1. The van der Waals surface area contributed by atoms with Crippen LogP contribution in [0.4, 0.5) is 10.2 Å². The molecule has 0 aliphatic rings. The number of ether oxygens (including phenoxy) is 1. The van der Waals surface area contributed by atoms with Crippen molar-refractivity contribution < 1.29 is 9.13 Å². The summed E-state index contributed by atoms with van der Waals surface area (Å²) in [6.45, 7) is 4.28. The van der Waals surface area contributed by atoms with Crippen LogP contribution in [0.15, 0.2) is 42.6 Å². The third-order valence-electron chi connectivity index (χ3n) is 2.54. The normalized spacial score (nSPS) is 10.5. The highest BCUT2D eigenvalue weighted by Gasteiger charge is 2.07. The number of rotatable bonds is 5. The van der Waals surface area contributed by atoms with Crippen molar-refractivity contribution in [3.8, 4) is 5.75 Å². The van der Waals surface area contributed by atoms with E-state index >= 15 is 0 Å². The van der Waals surface area contributed by atoms with Gasteiger partial charge in [-0.1, -0.05) is 18.2 Å². The van der Waals surface area contributed by atoms with Gasteiger partial charge in [0.2, 0.25) is 0 Å². The molecule has 3 nitrogen and oxygen atoms in total. The molecule has 0 radical (unpaired) electrons. The van der Waals surface area contributed by atoms with Crippen molar-refractivity contribution in [2.45, 2.75) is 26.5 Å². The summed E-state index contributed by atoms with van der Waals surface area (Å²) in [6.07, 6.45) is 1.75. The summed E-state index contributed by atoms with van der Waals surface area (Å²) in [4.78, 5) is 4.22. The summed E-state index contributed by atoms with van der Waals surface area (Å²) in [7, 11) is 0. The van der Waals surface area contributed by atoms with Crippen LogP contribution in [0.25, 0.3) is 0 Å². The van der Waals surface area contributed by atoms with E-state index in [1.165, 1.54) is 6.07 Å². The predicted molar refractivity (Wildman–Crippen MR) is 73.7 cm³/mol. The van der Waals surface area contributed by atoms with E-state index < -0.39 is 0 Å². The van der Waals surface area contributed by atoms with E-state index in [4.69, 9.17) is 4.74 Å². The lowest BCUT2D eigenvalue weighted by molar-refractivity contribution is 0.243. The zero-order chi connectivity index (χ0) is 13.7. The molecule has 0 amide bonds. The van der Waals surface area contributed by atoms with Crippen LogP contribution in [0.3, 0.4) is 0 Å². The lowest BCUT2D eigenvalue weighted by Crippen LogP contribution is -2.10. The number of pyridine rings is 1. The van der Waals surface area contributed by atoms with Gasteiger partial charge >= 0.3 is 0 Å². The number of nitrogens with one attached hydrogen (secondary N) is 1. The first-order chi connectivity index (χ1) is 9.16. The molecule has 0 saturated carbocycles. The Bertz CT molecular complexity index is 543. The Morgan fingerprint density at radius 3 is 2.74 bits per heavy atom. The Labute approximate surface area is 112 Å². The van der Waals surface area contributed by atoms with E-state index in [1.54, 1.807) is 18.3 Å². The predicted octanol–water partition coefficient (Wildman–Crippen LogP) is 3.62. The third-order valence-corrected chi connectivity index (χ3v) is 2.54. The quantitative estimate of drug-likeness (QED) is 0.891. The van der Waals surface area contributed by atoms with Gasteiger partial charge in [0.25, 0.3) is 0 Å². The van der Waals surface area contributed by atoms with Gasteiger partial charge in [-0.2, -0.15) is 0 Å². The topological polar surface area (TPSA) is 34.1 Å². The Hall–Kier alpha value is -2.10. The molecule has 0 aliphatic heterocycles. The second-order valence-corrected chi connectivity index (χ2v) is 4.46. The standard InChI is InChI=1S/C15H17FN2O/c1-11(2)19-14-8-5-9-17-15(14)18-10-12-6-3-4-7-13(12)16/h3-9,11H,10H2,1-2H3,(H,17,18). The van der Waals surface area contributed by atoms with Gasteiger partial charge in [-0.25, -0.2) is 9.37 Å². The first-order valence-electron chi connectivity index (χ1n) is 6.26. The molecule has 0 unspecified atom stereocenters. The molecule has 0 fully saturated rings. The first kappa shape index (κ1) is 13.3. The number of aromatic nitrogens is 1. The highest BCUT2D eigenvalue weighted by atomic mass is 19.1. The second kappa shape index (κ2) is 6.18. The largest absolute Gasteiger partial charge is 0.487 e. The van der Waals surface area contributed by atoms with Gasteiger partial charge in [-0.3, -0.25) is 0 Å². The Balaban J connectivity index is 2.09.